The number of hydrogen-bond acceptors (Lipinski definition) is 1. The second-order valence-corrected chi connectivity index (χ2v) is 5.01. The van der Waals surface area contributed by atoms with Gasteiger partial charge in [0.25, 0.3) is 0 Å². The molecule has 92 valence electrons. The summed E-state index contributed by atoms with van der Waals surface area (Å²) in [5.74, 6) is 0. The zero-order valence-electron chi connectivity index (χ0n) is 10.7. The van der Waals surface area contributed by atoms with Crippen LogP contribution in [0, 0.1) is 0 Å². The van der Waals surface area contributed by atoms with Crippen molar-refractivity contribution in [2.45, 2.75) is 32.2 Å². The molecule has 0 fully saturated rings. The van der Waals surface area contributed by atoms with Gasteiger partial charge in [-0.15, -0.1) is 0 Å². The fourth-order valence-corrected chi connectivity index (χ4v) is 2.99. The van der Waals surface area contributed by atoms with Gasteiger partial charge in [-0.3, -0.25) is 0 Å². The van der Waals surface area contributed by atoms with E-state index >= 15 is 0 Å². The Morgan fingerprint density at radius 1 is 0.833 bits per heavy atom. The van der Waals surface area contributed by atoms with Crippen molar-refractivity contribution in [1.82, 2.24) is 0 Å². The predicted octanol–water partition coefficient (Wildman–Crippen LogP) is 3.69. The Labute approximate surface area is 109 Å². The zero-order chi connectivity index (χ0) is 12.4. The van der Waals surface area contributed by atoms with Crippen molar-refractivity contribution in [2.24, 2.45) is 5.73 Å². The summed E-state index contributed by atoms with van der Waals surface area (Å²) >= 11 is 0. The molecule has 0 unspecified atom stereocenters. The van der Waals surface area contributed by atoms with Crippen molar-refractivity contribution in [3.63, 3.8) is 0 Å². The molecule has 2 aromatic carbocycles. The minimum Gasteiger partial charge on any atom is -0.326 e. The lowest BCUT2D eigenvalue weighted by molar-refractivity contribution is 0.724. The first-order chi connectivity index (χ1) is 8.90. The summed E-state index contributed by atoms with van der Waals surface area (Å²) < 4.78 is 0. The SMILES string of the molecule is NCc1cccc2c1CCCCc1ccccc1-2. The van der Waals surface area contributed by atoms with Crippen LogP contribution in [0.15, 0.2) is 42.5 Å². The lowest BCUT2D eigenvalue weighted by Gasteiger charge is -2.19. The van der Waals surface area contributed by atoms with Crippen molar-refractivity contribution in [3.05, 3.63) is 59.2 Å². The molecular formula is C17H19N. The maximum atomic E-state index is 5.88. The van der Waals surface area contributed by atoms with Crippen molar-refractivity contribution in [2.75, 3.05) is 0 Å². The zero-order valence-corrected chi connectivity index (χ0v) is 10.7. The third-order valence-corrected chi connectivity index (χ3v) is 3.92. The van der Waals surface area contributed by atoms with Gasteiger partial charge in [-0.25, -0.2) is 0 Å². The van der Waals surface area contributed by atoms with E-state index in [0.29, 0.717) is 6.54 Å². The molecule has 3 rings (SSSR count). The Bertz CT molecular complexity index is 557. The molecular weight excluding hydrogens is 218 g/mol. The summed E-state index contributed by atoms with van der Waals surface area (Å²) in [6.45, 7) is 0.644. The normalized spacial score (nSPS) is 14.3. The van der Waals surface area contributed by atoms with Crippen LogP contribution in [-0.2, 0) is 19.4 Å². The van der Waals surface area contributed by atoms with Gasteiger partial charge in [0.1, 0.15) is 0 Å². The summed E-state index contributed by atoms with van der Waals surface area (Å²) in [5, 5.41) is 0. The quantitative estimate of drug-likeness (QED) is 0.804. The van der Waals surface area contributed by atoms with Crippen molar-refractivity contribution < 1.29 is 0 Å². The summed E-state index contributed by atoms with van der Waals surface area (Å²) in [7, 11) is 0. The molecule has 0 saturated carbocycles. The average Bonchev–Trinajstić information content (AvgIpc) is 2.41. The summed E-state index contributed by atoms with van der Waals surface area (Å²) in [6.07, 6.45) is 4.90. The van der Waals surface area contributed by atoms with Gasteiger partial charge in [-0.05, 0) is 53.5 Å². The Morgan fingerprint density at radius 3 is 2.50 bits per heavy atom. The summed E-state index contributed by atoms with van der Waals surface area (Å²) in [4.78, 5) is 0. The standard InChI is InChI=1S/C17H19N/c18-12-14-8-5-11-17-15-9-3-1-6-13(15)7-2-4-10-16(14)17/h1,3,5-6,8-9,11H,2,4,7,10,12,18H2. The van der Waals surface area contributed by atoms with E-state index in [-0.39, 0.29) is 0 Å². The second-order valence-electron chi connectivity index (χ2n) is 5.01. The Morgan fingerprint density at radius 2 is 1.61 bits per heavy atom. The Hall–Kier alpha value is -1.60. The molecule has 0 spiro atoms. The van der Waals surface area contributed by atoms with E-state index in [2.05, 4.69) is 42.5 Å². The van der Waals surface area contributed by atoms with E-state index in [0.717, 1.165) is 6.42 Å². The lowest BCUT2D eigenvalue weighted by Crippen LogP contribution is -2.06. The first-order valence-corrected chi connectivity index (χ1v) is 6.79. The van der Waals surface area contributed by atoms with E-state index in [9.17, 15) is 0 Å². The number of nitrogens with two attached hydrogens (primary N) is 1. The van der Waals surface area contributed by atoms with E-state index in [1.54, 1.807) is 0 Å². The molecule has 2 N–H and O–H groups in total. The van der Waals surface area contributed by atoms with Crippen LogP contribution in [0.25, 0.3) is 11.1 Å². The lowest BCUT2D eigenvalue weighted by atomic mass is 9.86. The largest absolute Gasteiger partial charge is 0.326 e. The molecule has 0 aromatic heterocycles. The first kappa shape index (κ1) is 11.5. The fourth-order valence-electron chi connectivity index (χ4n) is 2.99. The van der Waals surface area contributed by atoms with Gasteiger partial charge < -0.3 is 5.73 Å². The van der Waals surface area contributed by atoms with Crippen molar-refractivity contribution >= 4 is 0 Å². The van der Waals surface area contributed by atoms with Gasteiger partial charge in [0.15, 0.2) is 0 Å². The van der Waals surface area contributed by atoms with Gasteiger partial charge in [-0.1, -0.05) is 42.5 Å². The highest BCUT2D eigenvalue weighted by Gasteiger charge is 2.14. The van der Waals surface area contributed by atoms with Gasteiger partial charge >= 0.3 is 0 Å². The van der Waals surface area contributed by atoms with Crippen LogP contribution < -0.4 is 5.73 Å². The van der Waals surface area contributed by atoms with Crippen LogP contribution >= 0.6 is 0 Å². The molecule has 18 heavy (non-hydrogen) atoms. The molecule has 1 aliphatic rings. The van der Waals surface area contributed by atoms with Crippen LogP contribution in [0.2, 0.25) is 0 Å². The second kappa shape index (κ2) is 4.95. The third-order valence-electron chi connectivity index (χ3n) is 3.92. The van der Waals surface area contributed by atoms with E-state index < -0.39 is 0 Å². The minimum atomic E-state index is 0.644. The van der Waals surface area contributed by atoms with Crippen LogP contribution in [0.1, 0.15) is 29.5 Å². The van der Waals surface area contributed by atoms with Crippen LogP contribution in [0.5, 0.6) is 0 Å². The van der Waals surface area contributed by atoms with Gasteiger partial charge in [-0.2, -0.15) is 0 Å². The maximum Gasteiger partial charge on any atom is 0.0181 e. The monoisotopic (exact) mass is 237 g/mol. The van der Waals surface area contributed by atoms with Crippen molar-refractivity contribution in [1.29, 1.82) is 0 Å². The van der Waals surface area contributed by atoms with Crippen LogP contribution in [0.4, 0.5) is 0 Å². The fraction of sp³-hybridized carbons (Fsp3) is 0.294. The van der Waals surface area contributed by atoms with Gasteiger partial charge in [0, 0.05) is 6.54 Å². The summed E-state index contributed by atoms with van der Waals surface area (Å²) in [5.41, 5.74) is 12.9. The van der Waals surface area contributed by atoms with Crippen LogP contribution in [-0.4, -0.2) is 0 Å². The maximum absolute atomic E-state index is 5.88. The van der Waals surface area contributed by atoms with Crippen LogP contribution in [0.3, 0.4) is 0 Å². The smallest absolute Gasteiger partial charge is 0.0181 e. The Balaban J connectivity index is 2.23. The highest BCUT2D eigenvalue weighted by Crippen LogP contribution is 2.33. The number of benzene rings is 2. The number of aryl methyl sites for hydroxylation is 1. The number of hydrogen-bond donors (Lipinski definition) is 1. The first-order valence-electron chi connectivity index (χ1n) is 6.79. The molecule has 0 radical (unpaired) electrons. The topological polar surface area (TPSA) is 26.0 Å². The Kier molecular flexibility index (Phi) is 3.16. The molecule has 0 heterocycles. The molecule has 1 nitrogen and oxygen atoms in total. The van der Waals surface area contributed by atoms with E-state index in [1.165, 1.54) is 47.1 Å². The highest BCUT2D eigenvalue weighted by molar-refractivity contribution is 5.72. The molecule has 0 aliphatic heterocycles. The third kappa shape index (κ3) is 1.95. The molecule has 1 aliphatic carbocycles. The van der Waals surface area contributed by atoms with Gasteiger partial charge in [0.2, 0.25) is 0 Å². The number of fused-ring (bicyclic) bond motifs is 3. The molecule has 0 saturated heterocycles. The van der Waals surface area contributed by atoms with Crippen molar-refractivity contribution in [3.8, 4) is 11.1 Å². The molecule has 0 amide bonds. The molecule has 0 bridgehead atoms. The van der Waals surface area contributed by atoms with E-state index in [1.807, 2.05) is 0 Å². The highest BCUT2D eigenvalue weighted by atomic mass is 14.5. The summed E-state index contributed by atoms with van der Waals surface area (Å²) in [6, 6.07) is 15.4. The predicted molar refractivity (Wildman–Crippen MR) is 76.4 cm³/mol. The average molecular weight is 237 g/mol. The molecule has 0 atom stereocenters. The molecule has 2 aromatic rings. The number of rotatable bonds is 1. The van der Waals surface area contributed by atoms with E-state index in [4.69, 9.17) is 5.73 Å². The van der Waals surface area contributed by atoms with Gasteiger partial charge in [0.05, 0.1) is 0 Å². The minimum absolute atomic E-state index is 0.644. The molecule has 1 heteroatoms.